The molecule has 1 N–H and O–H groups in total. The fourth-order valence-electron chi connectivity index (χ4n) is 2.76. The Bertz CT molecular complexity index is 842. The molecule has 4 rings (SSSR count). The summed E-state index contributed by atoms with van der Waals surface area (Å²) in [6.07, 6.45) is 0. The van der Waals surface area contributed by atoms with Crippen molar-refractivity contribution in [3.63, 3.8) is 0 Å². The predicted molar refractivity (Wildman–Crippen MR) is 84.9 cm³/mol. The molecule has 3 aromatic carbocycles. The van der Waals surface area contributed by atoms with E-state index >= 15 is 0 Å². The van der Waals surface area contributed by atoms with E-state index in [4.69, 9.17) is 4.99 Å². The van der Waals surface area contributed by atoms with Crippen LogP contribution >= 0.6 is 0 Å². The van der Waals surface area contributed by atoms with E-state index in [1.165, 1.54) is 16.3 Å². The lowest BCUT2D eigenvalue weighted by Gasteiger charge is -2.20. The Morgan fingerprint density at radius 1 is 0.850 bits per heavy atom. The van der Waals surface area contributed by atoms with Crippen molar-refractivity contribution in [2.75, 3.05) is 5.32 Å². The summed E-state index contributed by atoms with van der Waals surface area (Å²) in [7, 11) is 0. The largest absolute Gasteiger partial charge is 0.339 e. The molecule has 0 aliphatic carbocycles. The summed E-state index contributed by atoms with van der Waals surface area (Å²) in [6, 6.07) is 20.9. The number of rotatable bonds is 1. The Balaban J connectivity index is 1.97. The van der Waals surface area contributed by atoms with Crippen LogP contribution < -0.4 is 5.32 Å². The lowest BCUT2D eigenvalue weighted by molar-refractivity contribution is 1.40. The summed E-state index contributed by atoms with van der Waals surface area (Å²) < 4.78 is 0. The molecular weight excluding hydrogens is 244 g/mol. The second kappa shape index (κ2) is 4.20. The SMILES string of the molecule is Cc1ccccc1C1=Nc2cccc3cccc(c23)N1. The average molecular weight is 258 g/mol. The first-order chi connectivity index (χ1) is 9.83. The molecule has 1 heterocycles. The summed E-state index contributed by atoms with van der Waals surface area (Å²) in [5.74, 6) is 0.925. The third-order valence-corrected chi connectivity index (χ3v) is 3.77. The van der Waals surface area contributed by atoms with Crippen LogP contribution in [0.3, 0.4) is 0 Å². The van der Waals surface area contributed by atoms with Gasteiger partial charge in [0.15, 0.2) is 0 Å². The first-order valence-corrected chi connectivity index (χ1v) is 6.76. The van der Waals surface area contributed by atoms with Gasteiger partial charge < -0.3 is 5.32 Å². The quantitative estimate of drug-likeness (QED) is 0.675. The van der Waals surface area contributed by atoms with Gasteiger partial charge in [0.1, 0.15) is 5.84 Å². The van der Waals surface area contributed by atoms with Crippen molar-refractivity contribution in [2.45, 2.75) is 6.92 Å². The van der Waals surface area contributed by atoms with E-state index in [0.29, 0.717) is 0 Å². The minimum absolute atomic E-state index is 0.925. The molecule has 2 nitrogen and oxygen atoms in total. The van der Waals surface area contributed by atoms with Gasteiger partial charge in [0.2, 0.25) is 0 Å². The van der Waals surface area contributed by atoms with Crippen LogP contribution in [0.2, 0.25) is 0 Å². The van der Waals surface area contributed by atoms with Crippen molar-refractivity contribution in [2.24, 2.45) is 4.99 Å². The summed E-state index contributed by atoms with van der Waals surface area (Å²) in [5, 5.41) is 5.89. The van der Waals surface area contributed by atoms with Gasteiger partial charge in [-0.05, 0) is 30.0 Å². The van der Waals surface area contributed by atoms with Crippen LogP contribution in [0.4, 0.5) is 11.4 Å². The second-order valence-electron chi connectivity index (χ2n) is 5.08. The normalized spacial score (nSPS) is 12.9. The van der Waals surface area contributed by atoms with Crippen molar-refractivity contribution in [1.82, 2.24) is 0 Å². The van der Waals surface area contributed by atoms with Gasteiger partial charge in [-0.1, -0.05) is 48.5 Å². The third kappa shape index (κ3) is 1.62. The maximum atomic E-state index is 4.80. The van der Waals surface area contributed by atoms with Gasteiger partial charge in [0.05, 0.1) is 5.69 Å². The summed E-state index contributed by atoms with van der Waals surface area (Å²) in [4.78, 5) is 4.80. The number of hydrogen-bond donors (Lipinski definition) is 1. The number of hydrogen-bond acceptors (Lipinski definition) is 2. The molecule has 0 radical (unpaired) electrons. The zero-order valence-corrected chi connectivity index (χ0v) is 11.2. The molecule has 3 aromatic rings. The molecule has 0 spiro atoms. The van der Waals surface area contributed by atoms with E-state index in [1.807, 2.05) is 6.07 Å². The molecule has 0 atom stereocenters. The van der Waals surface area contributed by atoms with Crippen LogP contribution in [-0.2, 0) is 0 Å². The molecule has 0 saturated heterocycles. The highest BCUT2D eigenvalue weighted by atomic mass is 15.0. The first-order valence-electron chi connectivity index (χ1n) is 6.76. The molecule has 2 heteroatoms. The Morgan fingerprint density at radius 2 is 1.65 bits per heavy atom. The summed E-state index contributed by atoms with van der Waals surface area (Å²) in [5.41, 5.74) is 4.55. The van der Waals surface area contributed by atoms with Crippen LogP contribution in [0, 0.1) is 6.92 Å². The monoisotopic (exact) mass is 258 g/mol. The van der Waals surface area contributed by atoms with Crippen molar-refractivity contribution in [3.8, 4) is 0 Å². The summed E-state index contributed by atoms with van der Waals surface area (Å²) in [6.45, 7) is 2.11. The maximum Gasteiger partial charge on any atom is 0.138 e. The zero-order chi connectivity index (χ0) is 13.5. The Labute approximate surface area is 117 Å². The summed E-state index contributed by atoms with van der Waals surface area (Å²) >= 11 is 0. The van der Waals surface area contributed by atoms with Gasteiger partial charge in [0.25, 0.3) is 0 Å². The number of amidine groups is 1. The Hall–Kier alpha value is -2.61. The third-order valence-electron chi connectivity index (χ3n) is 3.77. The Kier molecular flexibility index (Phi) is 2.36. The highest BCUT2D eigenvalue weighted by Gasteiger charge is 2.16. The van der Waals surface area contributed by atoms with Crippen molar-refractivity contribution in [1.29, 1.82) is 0 Å². The topological polar surface area (TPSA) is 24.4 Å². The molecular formula is C18H14N2. The predicted octanol–water partition coefficient (Wildman–Crippen LogP) is 4.65. The number of aliphatic imine (C=N–C) groups is 1. The molecule has 1 aliphatic rings. The number of benzene rings is 3. The van der Waals surface area contributed by atoms with Crippen LogP contribution in [0.1, 0.15) is 11.1 Å². The molecule has 20 heavy (non-hydrogen) atoms. The minimum Gasteiger partial charge on any atom is -0.339 e. The standard InChI is InChI=1S/C18H14N2/c1-12-6-2-3-9-14(12)18-19-15-10-4-7-13-8-5-11-16(20-18)17(13)15/h2-11H,1H3,(H,19,20). The van der Waals surface area contributed by atoms with E-state index in [1.54, 1.807) is 0 Å². The second-order valence-corrected chi connectivity index (χ2v) is 5.08. The average Bonchev–Trinajstić information content (AvgIpc) is 2.48. The van der Waals surface area contributed by atoms with Crippen LogP contribution in [0.5, 0.6) is 0 Å². The van der Waals surface area contributed by atoms with E-state index in [2.05, 4.69) is 66.8 Å². The smallest absolute Gasteiger partial charge is 0.138 e. The lowest BCUT2D eigenvalue weighted by Crippen LogP contribution is -2.17. The van der Waals surface area contributed by atoms with E-state index < -0.39 is 0 Å². The molecule has 0 amide bonds. The van der Waals surface area contributed by atoms with E-state index in [0.717, 1.165) is 22.8 Å². The van der Waals surface area contributed by atoms with Gasteiger partial charge in [-0.3, -0.25) is 0 Å². The number of aryl methyl sites for hydroxylation is 1. The Morgan fingerprint density at radius 3 is 2.50 bits per heavy atom. The first kappa shape index (κ1) is 11.2. The van der Waals surface area contributed by atoms with Gasteiger partial charge >= 0.3 is 0 Å². The maximum absolute atomic E-state index is 4.80. The number of nitrogens with zero attached hydrogens (tertiary/aromatic N) is 1. The molecule has 0 aromatic heterocycles. The van der Waals surface area contributed by atoms with Crippen LogP contribution in [0.25, 0.3) is 10.8 Å². The van der Waals surface area contributed by atoms with Crippen molar-refractivity contribution in [3.05, 3.63) is 71.8 Å². The molecule has 0 bridgehead atoms. The highest BCUT2D eigenvalue weighted by molar-refractivity contribution is 6.19. The molecule has 0 fully saturated rings. The zero-order valence-electron chi connectivity index (χ0n) is 11.2. The molecule has 1 aliphatic heterocycles. The van der Waals surface area contributed by atoms with Gasteiger partial charge in [-0.15, -0.1) is 0 Å². The molecule has 0 unspecified atom stereocenters. The number of nitrogens with one attached hydrogen (secondary N) is 1. The van der Waals surface area contributed by atoms with E-state index in [-0.39, 0.29) is 0 Å². The fraction of sp³-hybridized carbons (Fsp3) is 0.0556. The van der Waals surface area contributed by atoms with Gasteiger partial charge in [-0.2, -0.15) is 0 Å². The number of anilines is 1. The van der Waals surface area contributed by atoms with E-state index in [9.17, 15) is 0 Å². The minimum atomic E-state index is 0.925. The lowest BCUT2D eigenvalue weighted by atomic mass is 10.0. The van der Waals surface area contributed by atoms with Gasteiger partial charge in [-0.25, -0.2) is 4.99 Å². The van der Waals surface area contributed by atoms with Gasteiger partial charge in [0, 0.05) is 16.6 Å². The fourth-order valence-corrected chi connectivity index (χ4v) is 2.76. The van der Waals surface area contributed by atoms with Crippen LogP contribution in [-0.4, -0.2) is 5.84 Å². The van der Waals surface area contributed by atoms with Crippen molar-refractivity contribution >= 4 is 28.0 Å². The molecule has 96 valence electrons. The molecule has 0 saturated carbocycles. The van der Waals surface area contributed by atoms with Crippen molar-refractivity contribution < 1.29 is 0 Å². The van der Waals surface area contributed by atoms with Crippen LogP contribution in [0.15, 0.2) is 65.7 Å². The highest BCUT2D eigenvalue weighted by Crippen LogP contribution is 2.36.